The molecule has 2 aliphatic carbocycles. The van der Waals surface area contributed by atoms with Gasteiger partial charge < -0.3 is 14.2 Å². The summed E-state index contributed by atoms with van der Waals surface area (Å²) in [7, 11) is 0. The highest BCUT2D eigenvalue weighted by Crippen LogP contribution is 2.61. The molecule has 9 rings (SSSR count). The van der Waals surface area contributed by atoms with Crippen LogP contribution in [0, 0.1) is 76.1 Å². The number of carbonyl (C=O) groups excluding carboxylic acids is 2. The molecule has 6 aromatic heterocycles. The van der Waals surface area contributed by atoms with Crippen LogP contribution in [0.25, 0.3) is 57.4 Å². The van der Waals surface area contributed by atoms with Crippen LogP contribution in [-0.4, -0.2) is 24.8 Å². The first-order chi connectivity index (χ1) is 61.5. The number of ether oxygens (including phenoxy) is 3. The van der Waals surface area contributed by atoms with Crippen molar-refractivity contribution in [3.8, 4) is 64.7 Å². The van der Waals surface area contributed by atoms with Crippen LogP contribution in [0.5, 0.6) is 17.2 Å². The molecule has 0 amide bonds. The molecule has 0 N–H and O–H groups in total. The number of Topliss-reactive ketones (excluding diaryl/α,β-unsaturated/α-hetero) is 2. The average Bonchev–Trinajstić information content (AvgIpc) is 1.57. The van der Waals surface area contributed by atoms with Crippen LogP contribution in [0.15, 0.2) is 92.5 Å². The third-order valence-corrected chi connectivity index (χ3v) is 32.9. The van der Waals surface area contributed by atoms with E-state index >= 15 is 0 Å². The first-order valence-corrected chi connectivity index (χ1v) is 55.2. The number of allylic oxidation sites excluding steroid dienone is 10. The Morgan fingerprint density at radius 3 is 1.17 bits per heavy atom. The van der Waals surface area contributed by atoms with Crippen molar-refractivity contribution in [2.24, 2.45) is 35.5 Å². The molecule has 0 radical (unpaired) electrons. The van der Waals surface area contributed by atoms with E-state index in [1.54, 1.807) is 34.8 Å². The molecule has 0 fully saturated rings. The van der Waals surface area contributed by atoms with E-state index in [1.165, 1.54) is 303 Å². The monoisotopic (exact) mass is 1820 g/mol. The molecule has 6 aromatic rings. The number of unbranched alkanes of at least 4 members (excludes halogenated alkanes) is 32. The van der Waals surface area contributed by atoms with Crippen molar-refractivity contribution in [1.29, 1.82) is 15.8 Å². The molecule has 0 saturated heterocycles. The molecule has 126 heavy (non-hydrogen) atoms. The van der Waals surface area contributed by atoms with Gasteiger partial charge in [0.2, 0.25) is 0 Å². The Hall–Kier alpha value is -6.66. The van der Waals surface area contributed by atoms with Crippen molar-refractivity contribution in [2.45, 2.75) is 396 Å². The number of nitrogens with zero attached hydrogens (tertiary/aromatic N) is 4. The number of fused-ring (bicyclic) bond motifs is 5. The van der Waals surface area contributed by atoms with Gasteiger partial charge in [0.1, 0.15) is 40.6 Å². The minimum Gasteiger partial charge on any atom is -0.492 e. The van der Waals surface area contributed by atoms with Gasteiger partial charge in [0.25, 0.3) is 5.70 Å². The van der Waals surface area contributed by atoms with Gasteiger partial charge in [0, 0.05) is 76.0 Å². The van der Waals surface area contributed by atoms with Gasteiger partial charge in [-0.15, -0.1) is 45.3 Å². The highest BCUT2D eigenvalue weighted by atomic mass is 32.1. The second kappa shape index (κ2) is 57.5. The summed E-state index contributed by atoms with van der Waals surface area (Å²) in [6.07, 6.45) is 74.0. The van der Waals surface area contributed by atoms with Crippen molar-refractivity contribution in [3.63, 3.8) is 0 Å². The van der Waals surface area contributed by atoms with E-state index in [-0.39, 0.29) is 22.8 Å². The highest BCUT2D eigenvalue weighted by Gasteiger charge is 2.45. The van der Waals surface area contributed by atoms with Crippen LogP contribution in [0.3, 0.4) is 0 Å². The van der Waals surface area contributed by atoms with Crippen LogP contribution in [0.4, 0.5) is 0 Å². The summed E-state index contributed by atoms with van der Waals surface area (Å²) in [6, 6.07) is 15.6. The van der Waals surface area contributed by atoms with Gasteiger partial charge in [-0.1, -0.05) is 363 Å². The van der Waals surface area contributed by atoms with Gasteiger partial charge in [-0.3, -0.25) is 9.59 Å². The fourth-order valence-corrected chi connectivity index (χ4v) is 25.1. The lowest BCUT2D eigenvalue weighted by Gasteiger charge is -2.39. The number of rotatable bonds is 66. The van der Waals surface area contributed by atoms with E-state index in [0.717, 1.165) is 103 Å². The predicted molar refractivity (Wildman–Crippen MR) is 545 cm³/mol. The van der Waals surface area contributed by atoms with Crippen LogP contribution >= 0.6 is 68.0 Å². The SMILES string of the molecule is [C-]#[N+]/C(C#N)=C1/C(=C/C=C/c2cc(OCC(CCCCCCCCCC)CCCCCCCCCCCC)c(-c3cc4c(s3)-c3sc(-c5sc(/C=C/C=C6\C(=O)c7cscc7C6=C(C#N)C#N)cc5OCC(CCCCCCCCCC)CCCCCCCCCCCC)cc3C(CCC(C)CCCC(C)C)(CCC(C)CCCC(C)C)O4)s2)C(=O)c2cscc21. The van der Waals surface area contributed by atoms with E-state index in [4.69, 9.17) is 20.8 Å². The quantitative estimate of drug-likeness (QED) is 0.0159. The molecule has 7 heterocycles. The van der Waals surface area contributed by atoms with Gasteiger partial charge in [0.15, 0.2) is 11.6 Å². The first kappa shape index (κ1) is 103. The molecule has 1 aliphatic heterocycles. The van der Waals surface area contributed by atoms with E-state index in [1.807, 2.05) is 56.3 Å². The van der Waals surface area contributed by atoms with Gasteiger partial charge in [-0.05, 0) is 134 Å². The maximum Gasteiger partial charge on any atom is 0.270 e. The third kappa shape index (κ3) is 32.1. The molecule has 0 saturated carbocycles. The maximum atomic E-state index is 14.2. The lowest BCUT2D eigenvalue weighted by molar-refractivity contribution is 0.0324. The zero-order valence-corrected chi connectivity index (χ0v) is 84.0. The van der Waals surface area contributed by atoms with E-state index in [9.17, 15) is 25.4 Å². The molecule has 3 aliphatic rings. The molecule has 9 nitrogen and oxygen atoms in total. The Kier molecular flexibility index (Phi) is 47.0. The maximum absolute atomic E-state index is 14.2. The van der Waals surface area contributed by atoms with Crippen molar-refractivity contribution in [2.75, 3.05) is 13.2 Å². The van der Waals surface area contributed by atoms with Crippen molar-refractivity contribution in [3.05, 3.63) is 141 Å². The van der Waals surface area contributed by atoms with Crippen LogP contribution < -0.4 is 14.2 Å². The Morgan fingerprint density at radius 2 is 0.786 bits per heavy atom. The summed E-state index contributed by atoms with van der Waals surface area (Å²) in [5.74, 6) is 5.46. The molecule has 4 unspecified atom stereocenters. The molecular weight excluding hydrogens is 1660 g/mol. The zero-order chi connectivity index (χ0) is 89.7. The number of hydrogen-bond donors (Lipinski definition) is 0. The molecule has 0 aromatic carbocycles. The fraction of sp³-hybridized carbons (Fsp3) is 0.622. The Labute approximate surface area is 787 Å². The van der Waals surface area contributed by atoms with Crippen LogP contribution in [-0.2, 0) is 5.60 Å². The highest BCUT2D eigenvalue weighted by molar-refractivity contribution is 7.29. The van der Waals surface area contributed by atoms with Gasteiger partial charge in [-0.25, -0.2) is 10.1 Å². The summed E-state index contributed by atoms with van der Waals surface area (Å²) in [6.45, 7) is 32.8. The minimum absolute atomic E-state index is 0.0598. The summed E-state index contributed by atoms with van der Waals surface area (Å²) in [4.78, 5) is 40.7. The lowest BCUT2D eigenvalue weighted by Crippen LogP contribution is -2.36. The lowest BCUT2D eigenvalue weighted by atomic mass is 9.78. The smallest absolute Gasteiger partial charge is 0.270 e. The van der Waals surface area contributed by atoms with Gasteiger partial charge in [0.05, 0.1) is 50.2 Å². The fourth-order valence-electron chi connectivity index (χ4n) is 18.7. The minimum atomic E-state index is -0.635. The zero-order valence-electron chi connectivity index (χ0n) is 79.1. The Balaban J connectivity index is 1.16. The number of hydrogen-bond acceptors (Lipinski definition) is 14. The molecule has 15 heteroatoms. The predicted octanol–water partition coefficient (Wildman–Crippen LogP) is 37.4. The first-order valence-electron chi connectivity index (χ1n) is 50.1. The van der Waals surface area contributed by atoms with Gasteiger partial charge >= 0.3 is 0 Å². The summed E-state index contributed by atoms with van der Waals surface area (Å²) >= 11 is 9.98. The normalized spacial score (nSPS) is 16.2. The van der Waals surface area contributed by atoms with Crippen molar-refractivity contribution >= 4 is 103 Å². The molecule has 4 atom stereocenters. The second-order valence-corrected chi connectivity index (χ2v) is 43.8. The molecule has 684 valence electrons. The number of ketones is 2. The van der Waals surface area contributed by atoms with Crippen LogP contribution in [0.2, 0.25) is 0 Å². The number of nitriles is 3. The van der Waals surface area contributed by atoms with Crippen LogP contribution in [0.1, 0.15) is 437 Å². The molecular formula is C111H154N4O5S6. The molecule has 0 bridgehead atoms. The Bertz CT molecular complexity index is 4590. The van der Waals surface area contributed by atoms with Crippen molar-refractivity contribution in [1.82, 2.24) is 0 Å². The number of thiophene rings is 6. The van der Waals surface area contributed by atoms with Crippen molar-refractivity contribution < 1.29 is 23.8 Å². The van der Waals surface area contributed by atoms with E-state index in [2.05, 4.69) is 129 Å². The standard InChI is InChI=1S/C111H154N4O5S6/c1-12-16-20-24-28-32-34-38-42-46-58-85(56-44-40-36-30-26-22-18-14-3)75-118-98-68-88(60-50-62-90-103(87(72-112)73-113)92-77-121-79-94(92)105(90)116)123-108(98)101-70-96-107(125-101)110-100(120-111(96,66-64-83(9)54-48-52-81(5)6)67-65-84(10)55-49-53-82(7)8)71-102(126-110)109-99(69-89(124-109)61-51-63-91-104(97(74-114)115-11)93-78-122-80-95(93)106(91)117)119-76-86(57-45-41-37-31-27-23-19-15-4)59-47-43-39-35-33-29-25-21-17-13-2/h50-51,60-63,68-71,77-86H,12-49,52-59,64-67,75-76H2,1-10H3/b60-50+,61-51+,90-62-,91-63-,104-97-. The van der Waals surface area contributed by atoms with E-state index < -0.39 is 5.60 Å². The second-order valence-electron chi connectivity index (χ2n) is 38.1. The summed E-state index contributed by atoms with van der Waals surface area (Å²) in [5, 5.41) is 38.2. The largest absolute Gasteiger partial charge is 0.492 e. The topological polar surface area (TPSA) is 138 Å². The number of carbonyl (C=O) groups is 2. The summed E-state index contributed by atoms with van der Waals surface area (Å²) < 4.78 is 23.0. The van der Waals surface area contributed by atoms with Gasteiger partial charge in [-0.2, -0.15) is 33.2 Å². The van der Waals surface area contributed by atoms with E-state index in [0.29, 0.717) is 93.3 Å². The average molecular weight is 1820 g/mol. The third-order valence-electron chi connectivity index (χ3n) is 26.5. The Morgan fingerprint density at radius 1 is 0.421 bits per heavy atom. The summed E-state index contributed by atoms with van der Waals surface area (Å²) in [5.41, 5.74) is 4.44. The molecule has 0 spiro atoms.